The number of rotatable bonds is 4. The highest BCUT2D eigenvalue weighted by atomic mass is 16.3. The molecule has 27 heavy (non-hydrogen) atoms. The zero-order valence-corrected chi connectivity index (χ0v) is 14.0. The van der Waals surface area contributed by atoms with Crippen LogP contribution in [-0.2, 0) is 6.54 Å². The standard InChI is InChI=1S/C19H14N4O4/c24-17(22-15-7-1-4-12-5-2-8-20-16(12)15)14-10-21-19(26)23(18(14)25)11-13-6-3-9-27-13/h1-10H,11H2,(H,21,26)(H,22,24). The minimum Gasteiger partial charge on any atom is -0.467 e. The molecule has 0 aliphatic carbocycles. The molecule has 8 heteroatoms. The number of H-pyrrole nitrogens is 1. The predicted octanol–water partition coefficient (Wildman–Crippen LogP) is 1.98. The zero-order valence-electron chi connectivity index (χ0n) is 14.0. The van der Waals surface area contributed by atoms with Crippen molar-refractivity contribution >= 4 is 22.5 Å². The van der Waals surface area contributed by atoms with E-state index in [-0.39, 0.29) is 12.1 Å². The van der Waals surface area contributed by atoms with Gasteiger partial charge in [-0.2, -0.15) is 0 Å². The number of aromatic amines is 1. The van der Waals surface area contributed by atoms with Crippen molar-refractivity contribution < 1.29 is 9.21 Å². The van der Waals surface area contributed by atoms with Crippen LogP contribution in [0.25, 0.3) is 10.9 Å². The lowest BCUT2D eigenvalue weighted by molar-refractivity contribution is 0.102. The molecule has 0 saturated heterocycles. The second kappa shape index (κ2) is 6.75. The smallest absolute Gasteiger partial charge is 0.328 e. The summed E-state index contributed by atoms with van der Waals surface area (Å²) in [5.74, 6) is -0.207. The summed E-state index contributed by atoms with van der Waals surface area (Å²) in [7, 11) is 0. The number of pyridine rings is 1. The van der Waals surface area contributed by atoms with Crippen molar-refractivity contribution in [3.63, 3.8) is 0 Å². The minimum atomic E-state index is -0.708. The first-order valence-electron chi connectivity index (χ1n) is 8.13. The van der Waals surface area contributed by atoms with Crippen LogP contribution in [0.5, 0.6) is 0 Å². The van der Waals surface area contributed by atoms with Crippen molar-refractivity contribution in [2.24, 2.45) is 0 Å². The second-order valence-corrected chi connectivity index (χ2v) is 5.81. The zero-order chi connectivity index (χ0) is 18.8. The summed E-state index contributed by atoms with van der Waals surface area (Å²) in [6.45, 7) is -0.0713. The molecule has 0 spiro atoms. The maximum absolute atomic E-state index is 12.6. The van der Waals surface area contributed by atoms with Crippen molar-refractivity contribution in [1.82, 2.24) is 14.5 Å². The number of carbonyl (C=O) groups excluding carboxylic acids is 1. The summed E-state index contributed by atoms with van der Waals surface area (Å²) in [4.78, 5) is 44.0. The molecule has 0 atom stereocenters. The Labute approximate surface area is 152 Å². The predicted molar refractivity (Wildman–Crippen MR) is 98.8 cm³/mol. The van der Waals surface area contributed by atoms with E-state index in [2.05, 4.69) is 15.3 Å². The maximum atomic E-state index is 12.6. The first kappa shape index (κ1) is 16.5. The number of hydrogen-bond donors (Lipinski definition) is 2. The van der Waals surface area contributed by atoms with Crippen molar-refractivity contribution in [3.8, 4) is 0 Å². The molecule has 0 fully saturated rings. The summed E-state index contributed by atoms with van der Waals surface area (Å²) in [5, 5.41) is 3.54. The van der Waals surface area contributed by atoms with Crippen molar-refractivity contribution in [1.29, 1.82) is 0 Å². The largest absolute Gasteiger partial charge is 0.467 e. The molecule has 0 aliphatic rings. The molecule has 0 aliphatic heterocycles. The van der Waals surface area contributed by atoms with Crippen LogP contribution >= 0.6 is 0 Å². The lowest BCUT2D eigenvalue weighted by Gasteiger charge is -2.09. The maximum Gasteiger partial charge on any atom is 0.328 e. The molecule has 134 valence electrons. The van der Waals surface area contributed by atoms with Crippen LogP contribution in [0, 0.1) is 0 Å². The number of para-hydroxylation sites is 1. The van der Waals surface area contributed by atoms with Gasteiger partial charge in [0.1, 0.15) is 11.3 Å². The fraction of sp³-hybridized carbons (Fsp3) is 0.0526. The molecule has 1 amide bonds. The van der Waals surface area contributed by atoms with Gasteiger partial charge in [-0.3, -0.25) is 19.1 Å². The molecule has 0 saturated carbocycles. The molecule has 4 aromatic rings. The molecular formula is C19H14N4O4. The van der Waals surface area contributed by atoms with Crippen LogP contribution < -0.4 is 16.6 Å². The topological polar surface area (TPSA) is 110 Å². The Hall–Kier alpha value is -3.94. The van der Waals surface area contributed by atoms with E-state index >= 15 is 0 Å². The molecular weight excluding hydrogens is 348 g/mol. The number of furan rings is 1. The minimum absolute atomic E-state index is 0.0713. The number of carbonyl (C=O) groups is 1. The van der Waals surface area contributed by atoms with Crippen LogP contribution in [0.15, 0.2) is 75.1 Å². The Bertz CT molecular complexity index is 1230. The number of nitrogens with one attached hydrogen (secondary N) is 2. The molecule has 2 N–H and O–H groups in total. The van der Waals surface area contributed by atoms with Crippen LogP contribution in [0.1, 0.15) is 16.1 Å². The van der Waals surface area contributed by atoms with Crippen molar-refractivity contribution in [3.05, 3.63) is 93.3 Å². The van der Waals surface area contributed by atoms with Gasteiger partial charge in [-0.15, -0.1) is 0 Å². The fourth-order valence-electron chi connectivity index (χ4n) is 2.77. The van der Waals surface area contributed by atoms with E-state index in [1.165, 1.54) is 6.26 Å². The third-order valence-corrected chi connectivity index (χ3v) is 4.08. The number of anilines is 1. The van der Waals surface area contributed by atoms with E-state index in [4.69, 9.17) is 4.42 Å². The SMILES string of the molecule is O=C(Nc1cccc2cccnc12)c1c[nH]c(=O)n(Cc2ccco2)c1=O. The van der Waals surface area contributed by atoms with E-state index in [1.807, 2.05) is 12.1 Å². The van der Waals surface area contributed by atoms with Gasteiger partial charge < -0.3 is 14.7 Å². The van der Waals surface area contributed by atoms with E-state index in [9.17, 15) is 14.4 Å². The van der Waals surface area contributed by atoms with Gasteiger partial charge in [0.05, 0.1) is 24.0 Å². The summed E-state index contributed by atoms with van der Waals surface area (Å²) >= 11 is 0. The summed E-state index contributed by atoms with van der Waals surface area (Å²) in [6, 6.07) is 12.3. The highest BCUT2D eigenvalue weighted by molar-refractivity contribution is 6.07. The average molecular weight is 362 g/mol. The molecule has 8 nitrogen and oxygen atoms in total. The van der Waals surface area contributed by atoms with Gasteiger partial charge in [-0.05, 0) is 24.3 Å². The van der Waals surface area contributed by atoms with Gasteiger partial charge in [0, 0.05) is 17.8 Å². The van der Waals surface area contributed by atoms with E-state index < -0.39 is 17.2 Å². The molecule has 3 aromatic heterocycles. The highest BCUT2D eigenvalue weighted by Gasteiger charge is 2.16. The Morgan fingerprint density at radius 1 is 1.15 bits per heavy atom. The molecule has 0 radical (unpaired) electrons. The summed E-state index contributed by atoms with van der Waals surface area (Å²) in [6.07, 6.45) is 4.17. The normalized spacial score (nSPS) is 10.8. The Balaban J connectivity index is 1.70. The fourth-order valence-corrected chi connectivity index (χ4v) is 2.77. The number of fused-ring (bicyclic) bond motifs is 1. The van der Waals surface area contributed by atoms with Gasteiger partial charge in [-0.1, -0.05) is 18.2 Å². The number of nitrogens with zero attached hydrogens (tertiary/aromatic N) is 2. The highest BCUT2D eigenvalue weighted by Crippen LogP contribution is 2.20. The van der Waals surface area contributed by atoms with Gasteiger partial charge in [0.2, 0.25) is 0 Å². The third-order valence-electron chi connectivity index (χ3n) is 4.08. The Morgan fingerprint density at radius 3 is 2.81 bits per heavy atom. The quantitative estimate of drug-likeness (QED) is 0.577. The van der Waals surface area contributed by atoms with Crippen molar-refractivity contribution in [2.75, 3.05) is 5.32 Å². The number of amides is 1. The van der Waals surface area contributed by atoms with Crippen molar-refractivity contribution in [2.45, 2.75) is 6.54 Å². The molecule has 4 rings (SSSR count). The van der Waals surface area contributed by atoms with Gasteiger partial charge in [0.15, 0.2) is 0 Å². The molecule has 0 bridgehead atoms. The molecule has 0 unspecified atom stereocenters. The number of hydrogen-bond acceptors (Lipinski definition) is 5. The summed E-state index contributed by atoms with van der Waals surface area (Å²) < 4.78 is 6.08. The first-order valence-corrected chi connectivity index (χ1v) is 8.13. The van der Waals surface area contributed by atoms with Crippen LogP contribution in [-0.4, -0.2) is 20.4 Å². The number of benzene rings is 1. The van der Waals surface area contributed by atoms with Crippen LogP contribution in [0.4, 0.5) is 5.69 Å². The second-order valence-electron chi connectivity index (χ2n) is 5.81. The van der Waals surface area contributed by atoms with Gasteiger partial charge in [-0.25, -0.2) is 4.79 Å². The third kappa shape index (κ3) is 3.15. The van der Waals surface area contributed by atoms with Gasteiger partial charge >= 0.3 is 5.69 Å². The lowest BCUT2D eigenvalue weighted by atomic mass is 10.2. The van der Waals surface area contributed by atoms with Gasteiger partial charge in [0.25, 0.3) is 11.5 Å². The average Bonchev–Trinajstić information content (AvgIpc) is 3.18. The Morgan fingerprint density at radius 2 is 2.00 bits per heavy atom. The van der Waals surface area contributed by atoms with Crippen LogP contribution in [0.3, 0.4) is 0 Å². The lowest BCUT2D eigenvalue weighted by Crippen LogP contribution is -2.39. The van der Waals surface area contributed by atoms with Crippen LogP contribution in [0.2, 0.25) is 0 Å². The van der Waals surface area contributed by atoms with E-state index in [1.54, 1.807) is 36.5 Å². The first-order chi connectivity index (χ1) is 13.1. The molecule has 1 aromatic carbocycles. The summed E-state index contributed by atoms with van der Waals surface area (Å²) in [5.41, 5.74) is -0.440. The monoisotopic (exact) mass is 362 g/mol. The molecule has 3 heterocycles. The van der Waals surface area contributed by atoms with E-state index in [0.29, 0.717) is 17.0 Å². The van der Waals surface area contributed by atoms with E-state index in [0.717, 1.165) is 16.2 Å². The Kier molecular flexibility index (Phi) is 4.13. The number of aromatic nitrogens is 3.